The summed E-state index contributed by atoms with van der Waals surface area (Å²) in [5.41, 5.74) is 0. The van der Waals surface area contributed by atoms with Crippen molar-refractivity contribution in [3.63, 3.8) is 0 Å². The maximum Gasteiger partial charge on any atom is 0.219 e. The largest absolute Gasteiger partial charge is 0.376 e. The predicted molar refractivity (Wildman–Crippen MR) is 42.3 cm³/mol. The molecule has 0 bridgehead atoms. The van der Waals surface area contributed by atoms with Gasteiger partial charge in [-0.2, -0.15) is 0 Å². The smallest absolute Gasteiger partial charge is 0.219 e. The van der Waals surface area contributed by atoms with E-state index in [-0.39, 0.29) is 12.0 Å². The van der Waals surface area contributed by atoms with Crippen molar-refractivity contribution < 1.29 is 9.53 Å². The number of nitrogens with one attached hydrogen (secondary N) is 1. The summed E-state index contributed by atoms with van der Waals surface area (Å²) in [6, 6.07) is 0. The fourth-order valence-electron chi connectivity index (χ4n) is 1.16. The number of ether oxygens (including phenoxy) is 1. The van der Waals surface area contributed by atoms with E-state index in [2.05, 4.69) is 5.32 Å². The van der Waals surface area contributed by atoms with Crippen molar-refractivity contribution in [1.82, 2.24) is 5.32 Å². The highest BCUT2D eigenvalue weighted by Gasteiger charge is 2.15. The van der Waals surface area contributed by atoms with Crippen LogP contribution in [0.1, 0.15) is 26.2 Å². The molecule has 64 valence electrons. The molecule has 1 rings (SSSR count). The van der Waals surface area contributed by atoms with E-state index in [4.69, 9.17) is 4.74 Å². The summed E-state index contributed by atoms with van der Waals surface area (Å²) in [5, 5.41) is 2.81. The van der Waals surface area contributed by atoms with Gasteiger partial charge in [-0.3, -0.25) is 4.79 Å². The number of amides is 1. The topological polar surface area (TPSA) is 38.3 Å². The molecule has 3 nitrogen and oxygen atoms in total. The number of hydrogen-bond donors (Lipinski definition) is 1. The van der Waals surface area contributed by atoms with Crippen molar-refractivity contribution in [2.45, 2.75) is 32.3 Å². The molecule has 11 heavy (non-hydrogen) atoms. The third-order valence-corrected chi connectivity index (χ3v) is 1.87. The lowest BCUT2D eigenvalue weighted by atomic mass is 10.2. The molecule has 1 amide bonds. The highest BCUT2D eigenvalue weighted by Crippen LogP contribution is 2.10. The average molecular weight is 157 g/mol. The minimum Gasteiger partial charge on any atom is -0.376 e. The molecule has 1 saturated heterocycles. The normalized spacial score (nSPS) is 23.5. The van der Waals surface area contributed by atoms with Crippen molar-refractivity contribution in [2.75, 3.05) is 13.2 Å². The van der Waals surface area contributed by atoms with Gasteiger partial charge < -0.3 is 10.1 Å². The number of hydrogen-bond acceptors (Lipinski definition) is 2. The van der Waals surface area contributed by atoms with E-state index in [1.807, 2.05) is 6.92 Å². The van der Waals surface area contributed by atoms with Gasteiger partial charge in [0.15, 0.2) is 0 Å². The zero-order valence-corrected chi connectivity index (χ0v) is 6.93. The van der Waals surface area contributed by atoms with Crippen LogP contribution >= 0.6 is 0 Å². The summed E-state index contributed by atoms with van der Waals surface area (Å²) in [4.78, 5) is 10.8. The lowest BCUT2D eigenvalue weighted by Crippen LogP contribution is -2.31. The van der Waals surface area contributed by atoms with E-state index in [0.29, 0.717) is 13.0 Å². The Morgan fingerprint density at radius 1 is 1.73 bits per heavy atom. The van der Waals surface area contributed by atoms with Crippen LogP contribution in [0.4, 0.5) is 0 Å². The third kappa shape index (κ3) is 2.89. The van der Waals surface area contributed by atoms with Gasteiger partial charge in [0.05, 0.1) is 6.10 Å². The van der Waals surface area contributed by atoms with Gasteiger partial charge in [0.2, 0.25) is 5.91 Å². The number of rotatable bonds is 3. The lowest BCUT2D eigenvalue weighted by molar-refractivity contribution is -0.121. The first-order valence-electron chi connectivity index (χ1n) is 4.21. The van der Waals surface area contributed by atoms with Gasteiger partial charge in [0, 0.05) is 19.6 Å². The molecule has 1 fully saturated rings. The fraction of sp³-hybridized carbons (Fsp3) is 0.875. The fourth-order valence-corrected chi connectivity index (χ4v) is 1.16. The van der Waals surface area contributed by atoms with Gasteiger partial charge in [-0.05, 0) is 12.8 Å². The van der Waals surface area contributed by atoms with Crippen molar-refractivity contribution >= 4 is 5.91 Å². The van der Waals surface area contributed by atoms with Gasteiger partial charge in [-0.15, -0.1) is 0 Å². The van der Waals surface area contributed by atoms with Crippen LogP contribution in [0.25, 0.3) is 0 Å². The first-order chi connectivity index (χ1) is 5.33. The van der Waals surface area contributed by atoms with Crippen LogP contribution in [-0.4, -0.2) is 25.2 Å². The summed E-state index contributed by atoms with van der Waals surface area (Å²) in [5.74, 6) is 0.112. The maximum atomic E-state index is 10.8. The molecule has 0 aliphatic carbocycles. The monoisotopic (exact) mass is 157 g/mol. The van der Waals surface area contributed by atoms with Gasteiger partial charge in [-0.25, -0.2) is 0 Å². The number of carbonyl (C=O) groups is 1. The molecule has 1 atom stereocenters. The van der Waals surface area contributed by atoms with Gasteiger partial charge in [0.1, 0.15) is 0 Å². The molecule has 0 aromatic rings. The highest BCUT2D eigenvalue weighted by atomic mass is 16.5. The zero-order valence-electron chi connectivity index (χ0n) is 6.93. The van der Waals surface area contributed by atoms with Gasteiger partial charge in [-0.1, -0.05) is 6.92 Å². The predicted octanol–water partition coefficient (Wildman–Crippen LogP) is 0.692. The first-order valence-corrected chi connectivity index (χ1v) is 4.21. The minimum absolute atomic E-state index is 0.112. The standard InChI is InChI=1S/C8H15NO2/c1-2-8(10)9-6-7-4-3-5-11-7/h7H,2-6H2,1H3,(H,9,10)/t7-/m0/s1. The molecule has 1 N–H and O–H groups in total. The average Bonchev–Trinajstić information content (AvgIpc) is 2.52. The highest BCUT2D eigenvalue weighted by molar-refractivity contribution is 5.75. The SMILES string of the molecule is CCC(=O)NC[C@@H]1CCCO1. The molecule has 3 heteroatoms. The van der Waals surface area contributed by atoms with E-state index in [1.54, 1.807) is 0 Å². The molecule has 0 saturated carbocycles. The Kier molecular flexibility index (Phi) is 3.36. The van der Waals surface area contributed by atoms with Gasteiger partial charge >= 0.3 is 0 Å². The van der Waals surface area contributed by atoms with Crippen molar-refractivity contribution in [1.29, 1.82) is 0 Å². The van der Waals surface area contributed by atoms with E-state index >= 15 is 0 Å². The van der Waals surface area contributed by atoms with Gasteiger partial charge in [0.25, 0.3) is 0 Å². The first kappa shape index (κ1) is 8.53. The summed E-state index contributed by atoms with van der Waals surface area (Å²) >= 11 is 0. The van der Waals surface area contributed by atoms with E-state index in [0.717, 1.165) is 19.4 Å². The van der Waals surface area contributed by atoms with Crippen LogP contribution in [0.15, 0.2) is 0 Å². The lowest BCUT2D eigenvalue weighted by Gasteiger charge is -2.09. The molecule has 0 aromatic carbocycles. The van der Waals surface area contributed by atoms with Crippen LogP contribution in [-0.2, 0) is 9.53 Å². The second-order valence-electron chi connectivity index (χ2n) is 2.79. The van der Waals surface area contributed by atoms with Crippen molar-refractivity contribution in [2.24, 2.45) is 0 Å². The van der Waals surface area contributed by atoms with E-state index in [9.17, 15) is 4.79 Å². The van der Waals surface area contributed by atoms with E-state index < -0.39 is 0 Å². The van der Waals surface area contributed by atoms with Crippen LogP contribution in [0, 0.1) is 0 Å². The summed E-state index contributed by atoms with van der Waals surface area (Å²) in [6.45, 7) is 3.39. The Morgan fingerprint density at radius 3 is 3.09 bits per heavy atom. The Balaban J connectivity index is 2.06. The number of carbonyl (C=O) groups excluding carboxylic acids is 1. The minimum atomic E-state index is 0.112. The molecule has 1 aliphatic heterocycles. The maximum absolute atomic E-state index is 10.8. The molecule has 0 aromatic heterocycles. The Labute approximate surface area is 67.1 Å². The summed E-state index contributed by atoms with van der Waals surface area (Å²) < 4.78 is 5.33. The third-order valence-electron chi connectivity index (χ3n) is 1.87. The van der Waals surface area contributed by atoms with Crippen molar-refractivity contribution in [3.05, 3.63) is 0 Å². The molecule has 1 aliphatic rings. The second kappa shape index (κ2) is 4.34. The molecule has 0 unspecified atom stereocenters. The molecule has 0 spiro atoms. The second-order valence-corrected chi connectivity index (χ2v) is 2.79. The van der Waals surface area contributed by atoms with E-state index in [1.165, 1.54) is 0 Å². The van der Waals surface area contributed by atoms with Crippen LogP contribution < -0.4 is 5.32 Å². The molecule has 0 radical (unpaired) electrons. The summed E-state index contributed by atoms with van der Waals surface area (Å²) in [7, 11) is 0. The Morgan fingerprint density at radius 2 is 2.55 bits per heavy atom. The molecular weight excluding hydrogens is 142 g/mol. The Hall–Kier alpha value is -0.570. The molecule has 1 heterocycles. The van der Waals surface area contributed by atoms with Crippen LogP contribution in [0.3, 0.4) is 0 Å². The summed E-state index contributed by atoms with van der Waals surface area (Å²) in [6.07, 6.45) is 3.05. The Bertz CT molecular complexity index is 130. The zero-order chi connectivity index (χ0) is 8.10. The van der Waals surface area contributed by atoms with Crippen LogP contribution in [0.2, 0.25) is 0 Å². The van der Waals surface area contributed by atoms with Crippen molar-refractivity contribution in [3.8, 4) is 0 Å². The van der Waals surface area contributed by atoms with Crippen LogP contribution in [0.5, 0.6) is 0 Å². The molecular formula is C8H15NO2. The quantitative estimate of drug-likeness (QED) is 0.654.